The topological polar surface area (TPSA) is 89.1 Å². The van der Waals surface area contributed by atoms with Gasteiger partial charge in [0, 0.05) is 24.8 Å². The molecule has 1 aromatic rings. The molecule has 1 aliphatic heterocycles. The minimum absolute atomic E-state index is 0.0934. The average molecular weight is 293 g/mol. The zero-order valence-electron chi connectivity index (χ0n) is 12.3. The predicted molar refractivity (Wildman–Crippen MR) is 80.8 cm³/mol. The fourth-order valence-corrected chi connectivity index (χ4v) is 2.35. The Labute approximate surface area is 124 Å². The molecule has 1 fully saturated rings. The minimum atomic E-state index is 0.0934. The van der Waals surface area contributed by atoms with Crippen LogP contribution in [-0.2, 0) is 4.74 Å². The van der Waals surface area contributed by atoms with E-state index in [1.807, 2.05) is 12.1 Å². The number of ether oxygens (including phenoxy) is 2. The van der Waals surface area contributed by atoms with E-state index in [4.69, 9.17) is 20.4 Å². The molecule has 1 heterocycles. The second-order valence-electron chi connectivity index (χ2n) is 5.22. The van der Waals surface area contributed by atoms with Crippen molar-refractivity contribution in [2.75, 3.05) is 26.4 Å². The Hall–Kier alpha value is -1.79. The Morgan fingerprint density at radius 2 is 2.29 bits per heavy atom. The van der Waals surface area contributed by atoms with Crippen LogP contribution in [0.3, 0.4) is 0 Å². The normalized spacial score (nSPS) is 20.4. The maximum atomic E-state index is 8.59. The summed E-state index contributed by atoms with van der Waals surface area (Å²) in [5, 5.41) is 15.0. The quantitative estimate of drug-likeness (QED) is 0.231. The smallest absolute Gasteiger partial charge is 0.170 e. The molecule has 0 bridgehead atoms. The SMILES string of the molecule is CC(NCCOc1ccc(/C(N)=N/O)cc1)C1CCOC1. The Balaban J connectivity index is 1.68. The Morgan fingerprint density at radius 3 is 2.90 bits per heavy atom. The second kappa shape index (κ2) is 7.85. The summed E-state index contributed by atoms with van der Waals surface area (Å²) in [6.45, 7) is 5.30. The lowest BCUT2D eigenvalue weighted by atomic mass is 10.0. The van der Waals surface area contributed by atoms with Crippen molar-refractivity contribution in [3.63, 3.8) is 0 Å². The van der Waals surface area contributed by atoms with E-state index in [0.717, 1.165) is 31.9 Å². The van der Waals surface area contributed by atoms with Gasteiger partial charge in [0.2, 0.25) is 0 Å². The van der Waals surface area contributed by atoms with Gasteiger partial charge in [-0.2, -0.15) is 0 Å². The van der Waals surface area contributed by atoms with Gasteiger partial charge >= 0.3 is 0 Å². The van der Waals surface area contributed by atoms with Gasteiger partial charge in [-0.05, 0) is 43.5 Å². The summed E-state index contributed by atoms with van der Waals surface area (Å²) in [6, 6.07) is 7.58. The van der Waals surface area contributed by atoms with Crippen LogP contribution in [0.15, 0.2) is 29.4 Å². The Morgan fingerprint density at radius 1 is 1.52 bits per heavy atom. The van der Waals surface area contributed by atoms with Gasteiger partial charge in [0.1, 0.15) is 12.4 Å². The van der Waals surface area contributed by atoms with Gasteiger partial charge in [-0.1, -0.05) is 5.16 Å². The van der Waals surface area contributed by atoms with Crippen LogP contribution < -0.4 is 15.8 Å². The number of nitrogens with two attached hydrogens (primary N) is 1. The van der Waals surface area contributed by atoms with Crippen LogP contribution in [0.25, 0.3) is 0 Å². The number of hydrogen-bond donors (Lipinski definition) is 3. The molecule has 116 valence electrons. The summed E-state index contributed by atoms with van der Waals surface area (Å²) in [6.07, 6.45) is 1.13. The number of oxime groups is 1. The number of rotatable bonds is 7. The van der Waals surface area contributed by atoms with E-state index < -0.39 is 0 Å². The standard InChI is InChI=1S/C15H23N3O3/c1-11(13-6-8-20-10-13)17-7-9-21-14-4-2-12(3-5-14)15(16)18-19/h2-5,11,13,17,19H,6-10H2,1H3,(H2,16,18). The third-order valence-corrected chi connectivity index (χ3v) is 3.77. The summed E-state index contributed by atoms with van der Waals surface area (Å²) in [4.78, 5) is 0. The Bertz CT molecular complexity index is 456. The molecule has 2 atom stereocenters. The molecule has 6 nitrogen and oxygen atoms in total. The van der Waals surface area contributed by atoms with E-state index in [1.54, 1.807) is 12.1 Å². The lowest BCUT2D eigenvalue weighted by Gasteiger charge is -2.19. The lowest BCUT2D eigenvalue weighted by Crippen LogP contribution is -2.36. The van der Waals surface area contributed by atoms with Gasteiger partial charge in [-0.25, -0.2) is 0 Å². The van der Waals surface area contributed by atoms with Gasteiger partial charge < -0.3 is 25.7 Å². The summed E-state index contributed by atoms with van der Waals surface area (Å²) < 4.78 is 11.0. The third kappa shape index (κ3) is 4.61. The average Bonchev–Trinajstić information content (AvgIpc) is 3.05. The number of nitrogens with zero attached hydrogens (tertiary/aromatic N) is 1. The van der Waals surface area contributed by atoms with Crippen molar-refractivity contribution >= 4 is 5.84 Å². The van der Waals surface area contributed by atoms with Crippen molar-refractivity contribution in [2.24, 2.45) is 16.8 Å². The molecule has 1 aliphatic rings. The van der Waals surface area contributed by atoms with Gasteiger partial charge in [-0.15, -0.1) is 0 Å². The number of nitrogens with one attached hydrogen (secondary N) is 1. The molecule has 4 N–H and O–H groups in total. The zero-order chi connectivity index (χ0) is 15.1. The highest BCUT2D eigenvalue weighted by Crippen LogP contribution is 2.16. The highest BCUT2D eigenvalue weighted by Gasteiger charge is 2.21. The molecular formula is C15H23N3O3. The van der Waals surface area contributed by atoms with E-state index in [-0.39, 0.29) is 5.84 Å². The fourth-order valence-electron chi connectivity index (χ4n) is 2.35. The summed E-state index contributed by atoms with van der Waals surface area (Å²) in [5.41, 5.74) is 6.16. The third-order valence-electron chi connectivity index (χ3n) is 3.77. The first kappa shape index (κ1) is 15.6. The van der Waals surface area contributed by atoms with Crippen molar-refractivity contribution in [1.29, 1.82) is 0 Å². The van der Waals surface area contributed by atoms with E-state index in [1.165, 1.54) is 0 Å². The molecule has 2 unspecified atom stereocenters. The number of amidine groups is 1. The van der Waals surface area contributed by atoms with Crippen molar-refractivity contribution in [3.05, 3.63) is 29.8 Å². The van der Waals surface area contributed by atoms with Crippen LogP contribution in [0.5, 0.6) is 5.75 Å². The molecule has 0 saturated carbocycles. The molecule has 1 saturated heterocycles. The Kier molecular flexibility index (Phi) is 5.83. The van der Waals surface area contributed by atoms with Gasteiger partial charge in [0.25, 0.3) is 0 Å². The maximum absolute atomic E-state index is 8.59. The molecule has 0 amide bonds. The molecule has 0 spiro atoms. The lowest BCUT2D eigenvalue weighted by molar-refractivity contribution is 0.177. The molecule has 0 aromatic heterocycles. The molecule has 21 heavy (non-hydrogen) atoms. The van der Waals surface area contributed by atoms with Gasteiger partial charge in [0.15, 0.2) is 5.84 Å². The minimum Gasteiger partial charge on any atom is -0.492 e. The first-order valence-corrected chi connectivity index (χ1v) is 7.22. The maximum Gasteiger partial charge on any atom is 0.170 e. The van der Waals surface area contributed by atoms with E-state index in [0.29, 0.717) is 24.1 Å². The number of hydrogen-bond acceptors (Lipinski definition) is 5. The van der Waals surface area contributed by atoms with Gasteiger partial charge in [0.05, 0.1) is 6.61 Å². The first-order chi connectivity index (χ1) is 10.2. The van der Waals surface area contributed by atoms with Crippen LogP contribution in [0.1, 0.15) is 18.9 Å². The van der Waals surface area contributed by atoms with Crippen molar-refractivity contribution in [3.8, 4) is 5.75 Å². The molecule has 0 aliphatic carbocycles. The molecular weight excluding hydrogens is 270 g/mol. The molecule has 6 heteroatoms. The van der Waals surface area contributed by atoms with Gasteiger partial charge in [-0.3, -0.25) is 0 Å². The summed E-state index contributed by atoms with van der Waals surface area (Å²) in [7, 11) is 0. The number of benzene rings is 1. The highest BCUT2D eigenvalue weighted by atomic mass is 16.5. The van der Waals surface area contributed by atoms with E-state index in [2.05, 4.69) is 17.4 Å². The van der Waals surface area contributed by atoms with Crippen molar-refractivity contribution < 1.29 is 14.7 Å². The molecule has 2 rings (SSSR count). The van der Waals surface area contributed by atoms with Crippen LogP contribution in [0.4, 0.5) is 0 Å². The van der Waals surface area contributed by atoms with E-state index in [9.17, 15) is 0 Å². The highest BCUT2D eigenvalue weighted by molar-refractivity contribution is 5.97. The van der Waals surface area contributed by atoms with E-state index >= 15 is 0 Å². The predicted octanol–water partition coefficient (Wildman–Crippen LogP) is 1.17. The largest absolute Gasteiger partial charge is 0.492 e. The fraction of sp³-hybridized carbons (Fsp3) is 0.533. The van der Waals surface area contributed by atoms with Crippen molar-refractivity contribution in [2.45, 2.75) is 19.4 Å². The second-order valence-corrected chi connectivity index (χ2v) is 5.22. The first-order valence-electron chi connectivity index (χ1n) is 7.22. The molecule has 0 radical (unpaired) electrons. The monoisotopic (exact) mass is 293 g/mol. The zero-order valence-corrected chi connectivity index (χ0v) is 12.3. The van der Waals surface area contributed by atoms with Crippen LogP contribution in [-0.4, -0.2) is 43.5 Å². The summed E-state index contributed by atoms with van der Waals surface area (Å²) >= 11 is 0. The summed E-state index contributed by atoms with van der Waals surface area (Å²) in [5.74, 6) is 1.46. The molecule has 1 aromatic carbocycles. The van der Waals surface area contributed by atoms with Crippen LogP contribution in [0.2, 0.25) is 0 Å². The van der Waals surface area contributed by atoms with Crippen molar-refractivity contribution in [1.82, 2.24) is 5.32 Å². The van der Waals surface area contributed by atoms with Crippen LogP contribution >= 0.6 is 0 Å². The van der Waals surface area contributed by atoms with Crippen LogP contribution in [0, 0.1) is 5.92 Å².